The lowest BCUT2D eigenvalue weighted by molar-refractivity contribution is 0.0634. The topological polar surface area (TPSA) is 33.2 Å². The summed E-state index contributed by atoms with van der Waals surface area (Å²) in [5, 5.41) is 0. The van der Waals surface area contributed by atoms with Crippen LogP contribution < -0.4 is 0 Å². The maximum absolute atomic E-state index is 12.8. The highest BCUT2D eigenvalue weighted by atomic mass is 79.9. The van der Waals surface area contributed by atoms with Gasteiger partial charge >= 0.3 is 0 Å². The number of rotatable bonds is 1. The Morgan fingerprint density at radius 2 is 1.85 bits per heavy atom. The molecular weight excluding hydrogens is 316 g/mol. The van der Waals surface area contributed by atoms with E-state index in [4.69, 9.17) is 0 Å². The lowest BCUT2D eigenvalue weighted by atomic mass is 9.95. The van der Waals surface area contributed by atoms with Crippen molar-refractivity contribution in [2.75, 3.05) is 0 Å². The fourth-order valence-corrected chi connectivity index (χ4v) is 4.09. The number of fused-ring (bicyclic) bond motifs is 2. The Labute approximate surface area is 127 Å². The number of halogens is 1. The van der Waals surface area contributed by atoms with E-state index in [0.29, 0.717) is 17.6 Å². The SMILES string of the molecule is O=C(c1cncc(Br)c1)N1C2CCC1CC(=C1CC1)C2. The molecule has 1 aliphatic carbocycles. The molecule has 1 aromatic heterocycles. The zero-order valence-electron chi connectivity index (χ0n) is 11.3. The van der Waals surface area contributed by atoms with Crippen molar-refractivity contribution in [1.82, 2.24) is 9.88 Å². The molecule has 4 heteroatoms. The summed E-state index contributed by atoms with van der Waals surface area (Å²) in [6, 6.07) is 2.72. The Morgan fingerprint density at radius 1 is 1.15 bits per heavy atom. The number of carbonyl (C=O) groups excluding carboxylic acids is 1. The van der Waals surface area contributed by atoms with Crippen molar-refractivity contribution >= 4 is 21.8 Å². The van der Waals surface area contributed by atoms with Gasteiger partial charge in [0.1, 0.15) is 0 Å². The van der Waals surface area contributed by atoms with Crippen molar-refractivity contribution in [3.8, 4) is 0 Å². The molecule has 0 radical (unpaired) electrons. The number of piperidine rings is 1. The van der Waals surface area contributed by atoms with E-state index in [1.807, 2.05) is 6.07 Å². The number of aromatic nitrogens is 1. The Bertz CT molecular complexity index is 588. The molecule has 2 aliphatic heterocycles. The minimum Gasteiger partial charge on any atom is -0.332 e. The van der Waals surface area contributed by atoms with Crippen LogP contribution in [0.25, 0.3) is 0 Å². The Hall–Kier alpha value is -1.16. The third-order valence-electron chi connectivity index (χ3n) is 4.77. The molecule has 3 nitrogen and oxygen atoms in total. The second kappa shape index (κ2) is 4.69. The molecule has 2 bridgehead atoms. The highest BCUT2D eigenvalue weighted by Crippen LogP contribution is 2.45. The van der Waals surface area contributed by atoms with Crippen LogP contribution in [0.15, 0.2) is 34.1 Å². The zero-order valence-corrected chi connectivity index (χ0v) is 12.9. The van der Waals surface area contributed by atoms with Gasteiger partial charge in [-0.15, -0.1) is 0 Å². The van der Waals surface area contributed by atoms with Gasteiger partial charge in [-0.3, -0.25) is 9.78 Å². The summed E-state index contributed by atoms with van der Waals surface area (Å²) >= 11 is 3.40. The van der Waals surface area contributed by atoms with Gasteiger partial charge in [0.2, 0.25) is 0 Å². The zero-order chi connectivity index (χ0) is 13.7. The summed E-state index contributed by atoms with van der Waals surface area (Å²) in [6.07, 6.45) is 10.6. The molecule has 2 saturated heterocycles. The van der Waals surface area contributed by atoms with E-state index >= 15 is 0 Å². The summed E-state index contributed by atoms with van der Waals surface area (Å²) in [5.41, 5.74) is 4.05. The Balaban J connectivity index is 1.60. The maximum Gasteiger partial charge on any atom is 0.255 e. The van der Waals surface area contributed by atoms with Gasteiger partial charge in [-0.05, 0) is 60.5 Å². The fourth-order valence-electron chi connectivity index (χ4n) is 3.73. The predicted octanol–water partition coefficient (Wildman–Crippen LogP) is 3.70. The third-order valence-corrected chi connectivity index (χ3v) is 5.20. The van der Waals surface area contributed by atoms with Crippen LogP contribution in [-0.4, -0.2) is 27.9 Å². The van der Waals surface area contributed by atoms with Crippen LogP contribution in [-0.2, 0) is 0 Å². The molecule has 3 aliphatic rings. The largest absolute Gasteiger partial charge is 0.332 e. The fraction of sp³-hybridized carbons (Fsp3) is 0.500. The molecule has 0 aromatic carbocycles. The minimum absolute atomic E-state index is 0.158. The van der Waals surface area contributed by atoms with Crippen molar-refractivity contribution in [3.05, 3.63) is 39.6 Å². The molecule has 104 valence electrons. The second-order valence-corrected chi connectivity index (χ2v) is 7.02. The van der Waals surface area contributed by atoms with Gasteiger partial charge in [0, 0.05) is 29.0 Å². The van der Waals surface area contributed by atoms with E-state index in [1.165, 1.54) is 12.8 Å². The number of hydrogen-bond acceptors (Lipinski definition) is 2. The van der Waals surface area contributed by atoms with E-state index in [-0.39, 0.29) is 5.91 Å². The van der Waals surface area contributed by atoms with E-state index in [9.17, 15) is 4.79 Å². The first kappa shape index (κ1) is 12.6. The van der Waals surface area contributed by atoms with Gasteiger partial charge in [0.25, 0.3) is 5.91 Å². The number of nitrogens with zero attached hydrogens (tertiary/aromatic N) is 2. The summed E-state index contributed by atoms with van der Waals surface area (Å²) in [6.45, 7) is 0. The first-order valence-electron chi connectivity index (χ1n) is 7.35. The third kappa shape index (κ3) is 2.10. The van der Waals surface area contributed by atoms with Gasteiger partial charge in [-0.25, -0.2) is 0 Å². The molecule has 0 spiro atoms. The lowest BCUT2D eigenvalue weighted by Gasteiger charge is -2.36. The molecule has 3 fully saturated rings. The van der Waals surface area contributed by atoms with E-state index in [0.717, 1.165) is 30.2 Å². The van der Waals surface area contributed by atoms with Crippen molar-refractivity contribution in [2.45, 2.75) is 50.6 Å². The summed E-state index contributed by atoms with van der Waals surface area (Å²) < 4.78 is 0.869. The molecular formula is C16H17BrN2O. The predicted molar refractivity (Wildman–Crippen MR) is 80.4 cm³/mol. The standard InChI is InChI=1S/C16H17BrN2O/c17-13-5-12(8-18-9-13)16(20)19-14-3-4-15(19)7-11(6-14)10-1-2-10/h5,8-9,14-15H,1-4,6-7H2. The highest BCUT2D eigenvalue weighted by Gasteiger charge is 2.42. The van der Waals surface area contributed by atoms with Crippen molar-refractivity contribution in [3.63, 3.8) is 0 Å². The van der Waals surface area contributed by atoms with Gasteiger partial charge < -0.3 is 4.90 Å². The molecule has 2 unspecified atom stereocenters. The molecule has 20 heavy (non-hydrogen) atoms. The van der Waals surface area contributed by atoms with Crippen LogP contribution in [0.3, 0.4) is 0 Å². The van der Waals surface area contributed by atoms with Gasteiger partial charge in [-0.1, -0.05) is 11.1 Å². The molecule has 1 amide bonds. The molecule has 1 saturated carbocycles. The summed E-state index contributed by atoms with van der Waals surface area (Å²) in [4.78, 5) is 19.0. The highest BCUT2D eigenvalue weighted by molar-refractivity contribution is 9.10. The van der Waals surface area contributed by atoms with Crippen LogP contribution in [0.4, 0.5) is 0 Å². The smallest absolute Gasteiger partial charge is 0.255 e. The number of amides is 1. The molecule has 0 N–H and O–H groups in total. The van der Waals surface area contributed by atoms with E-state index < -0.39 is 0 Å². The minimum atomic E-state index is 0.158. The monoisotopic (exact) mass is 332 g/mol. The number of allylic oxidation sites excluding steroid dienone is 1. The summed E-state index contributed by atoms with van der Waals surface area (Å²) in [7, 11) is 0. The average Bonchev–Trinajstić information content (AvgIpc) is 3.24. The van der Waals surface area contributed by atoms with Crippen LogP contribution in [0, 0.1) is 0 Å². The van der Waals surface area contributed by atoms with Gasteiger partial charge in [-0.2, -0.15) is 0 Å². The van der Waals surface area contributed by atoms with Crippen LogP contribution in [0.2, 0.25) is 0 Å². The number of carbonyl (C=O) groups is 1. The van der Waals surface area contributed by atoms with Gasteiger partial charge in [0.15, 0.2) is 0 Å². The number of pyridine rings is 1. The summed E-state index contributed by atoms with van der Waals surface area (Å²) in [5.74, 6) is 0.158. The van der Waals surface area contributed by atoms with Crippen LogP contribution in [0.1, 0.15) is 48.9 Å². The van der Waals surface area contributed by atoms with E-state index in [2.05, 4.69) is 25.8 Å². The molecule has 1 aromatic rings. The Morgan fingerprint density at radius 3 is 2.45 bits per heavy atom. The van der Waals surface area contributed by atoms with Crippen molar-refractivity contribution in [2.24, 2.45) is 0 Å². The molecule has 4 rings (SSSR count). The first-order chi connectivity index (χ1) is 9.72. The second-order valence-electron chi connectivity index (χ2n) is 6.10. The van der Waals surface area contributed by atoms with E-state index in [1.54, 1.807) is 23.5 Å². The molecule has 2 atom stereocenters. The number of hydrogen-bond donors (Lipinski definition) is 0. The Kier molecular flexibility index (Phi) is 2.95. The van der Waals surface area contributed by atoms with Crippen LogP contribution in [0.5, 0.6) is 0 Å². The maximum atomic E-state index is 12.8. The van der Waals surface area contributed by atoms with Crippen LogP contribution >= 0.6 is 15.9 Å². The lowest BCUT2D eigenvalue weighted by Crippen LogP contribution is -2.44. The first-order valence-corrected chi connectivity index (χ1v) is 8.14. The molecule has 3 heterocycles. The average molecular weight is 333 g/mol. The van der Waals surface area contributed by atoms with Crippen molar-refractivity contribution in [1.29, 1.82) is 0 Å². The quantitative estimate of drug-likeness (QED) is 0.734. The van der Waals surface area contributed by atoms with Crippen molar-refractivity contribution < 1.29 is 4.79 Å². The van der Waals surface area contributed by atoms with Gasteiger partial charge in [0.05, 0.1) is 5.56 Å². The normalized spacial score (nSPS) is 27.9.